The SMILES string of the molecule is Cc1ccccc1COC(=O)/C=C/c1c(C)nn(C)c1C. The second-order valence-corrected chi connectivity index (χ2v) is 5.08. The van der Waals surface area contributed by atoms with Crippen LogP contribution in [0.4, 0.5) is 0 Å². The predicted molar refractivity (Wildman–Crippen MR) is 82.7 cm³/mol. The number of ether oxygens (including phenoxy) is 1. The Morgan fingerprint density at radius 3 is 2.62 bits per heavy atom. The highest BCUT2D eigenvalue weighted by molar-refractivity contribution is 5.87. The normalized spacial score (nSPS) is 11.0. The molecule has 0 aliphatic heterocycles. The second kappa shape index (κ2) is 6.39. The maximum Gasteiger partial charge on any atom is 0.331 e. The van der Waals surface area contributed by atoms with Gasteiger partial charge in [-0.1, -0.05) is 24.3 Å². The molecule has 0 fully saturated rings. The van der Waals surface area contributed by atoms with Crippen LogP contribution < -0.4 is 0 Å². The molecule has 4 nitrogen and oxygen atoms in total. The number of esters is 1. The van der Waals surface area contributed by atoms with Crippen molar-refractivity contribution in [2.24, 2.45) is 7.05 Å². The molecule has 1 heterocycles. The molecule has 0 aliphatic rings. The molecule has 0 amide bonds. The van der Waals surface area contributed by atoms with Crippen LogP contribution in [0.25, 0.3) is 6.08 Å². The van der Waals surface area contributed by atoms with Gasteiger partial charge in [-0.25, -0.2) is 4.79 Å². The molecule has 0 radical (unpaired) electrons. The number of aromatic nitrogens is 2. The fraction of sp³-hybridized carbons (Fsp3) is 0.294. The Morgan fingerprint density at radius 1 is 1.29 bits per heavy atom. The monoisotopic (exact) mass is 284 g/mol. The van der Waals surface area contributed by atoms with E-state index in [0.29, 0.717) is 6.61 Å². The van der Waals surface area contributed by atoms with E-state index in [1.54, 1.807) is 10.8 Å². The van der Waals surface area contributed by atoms with E-state index < -0.39 is 0 Å². The smallest absolute Gasteiger partial charge is 0.331 e. The lowest BCUT2D eigenvalue weighted by molar-refractivity contribution is -0.138. The Hall–Kier alpha value is -2.36. The molecule has 0 saturated carbocycles. The summed E-state index contributed by atoms with van der Waals surface area (Å²) in [5, 5.41) is 4.31. The quantitative estimate of drug-likeness (QED) is 0.640. The molecule has 0 N–H and O–H groups in total. The molecule has 0 spiro atoms. The van der Waals surface area contributed by atoms with Gasteiger partial charge in [0.25, 0.3) is 0 Å². The van der Waals surface area contributed by atoms with Gasteiger partial charge in [0.2, 0.25) is 0 Å². The van der Waals surface area contributed by atoms with Crippen molar-refractivity contribution in [1.82, 2.24) is 9.78 Å². The lowest BCUT2D eigenvalue weighted by atomic mass is 10.1. The molecule has 21 heavy (non-hydrogen) atoms. The van der Waals surface area contributed by atoms with E-state index in [1.165, 1.54) is 6.08 Å². The standard InChI is InChI=1S/C17H20N2O2/c1-12-7-5-6-8-15(12)11-21-17(20)10-9-16-13(2)18-19(4)14(16)3/h5-10H,11H2,1-4H3/b10-9+. The maximum atomic E-state index is 11.8. The van der Waals surface area contributed by atoms with Gasteiger partial charge in [-0.3, -0.25) is 4.68 Å². The number of benzene rings is 1. The molecule has 0 unspecified atom stereocenters. The summed E-state index contributed by atoms with van der Waals surface area (Å²) in [6, 6.07) is 7.87. The summed E-state index contributed by atoms with van der Waals surface area (Å²) in [5.41, 5.74) is 5.03. The van der Waals surface area contributed by atoms with Crippen molar-refractivity contribution < 1.29 is 9.53 Å². The van der Waals surface area contributed by atoms with Gasteiger partial charge in [-0.15, -0.1) is 0 Å². The molecule has 2 aromatic rings. The van der Waals surface area contributed by atoms with E-state index >= 15 is 0 Å². The summed E-state index contributed by atoms with van der Waals surface area (Å²) >= 11 is 0. The summed E-state index contributed by atoms with van der Waals surface area (Å²) in [5.74, 6) is -0.346. The summed E-state index contributed by atoms with van der Waals surface area (Å²) in [7, 11) is 1.89. The van der Waals surface area contributed by atoms with Crippen LogP contribution in [-0.4, -0.2) is 15.7 Å². The van der Waals surface area contributed by atoms with Gasteiger partial charge < -0.3 is 4.74 Å². The minimum Gasteiger partial charge on any atom is -0.458 e. The average Bonchev–Trinajstić information content (AvgIpc) is 2.69. The Labute approximate surface area is 125 Å². The molecular weight excluding hydrogens is 264 g/mol. The third kappa shape index (κ3) is 3.60. The van der Waals surface area contributed by atoms with Crippen LogP contribution in [0.5, 0.6) is 0 Å². The van der Waals surface area contributed by atoms with Crippen molar-refractivity contribution in [2.75, 3.05) is 0 Å². The number of hydrogen-bond acceptors (Lipinski definition) is 3. The van der Waals surface area contributed by atoms with Crippen LogP contribution in [0.2, 0.25) is 0 Å². The largest absolute Gasteiger partial charge is 0.458 e. The van der Waals surface area contributed by atoms with Crippen molar-refractivity contribution in [3.8, 4) is 0 Å². The minimum absolute atomic E-state index is 0.293. The van der Waals surface area contributed by atoms with Gasteiger partial charge >= 0.3 is 5.97 Å². The van der Waals surface area contributed by atoms with Gasteiger partial charge in [0.05, 0.1) is 5.69 Å². The Bertz CT molecular complexity index is 684. The zero-order chi connectivity index (χ0) is 15.4. The van der Waals surface area contributed by atoms with E-state index in [0.717, 1.165) is 28.1 Å². The van der Waals surface area contributed by atoms with E-state index in [4.69, 9.17) is 4.74 Å². The molecule has 0 aliphatic carbocycles. The predicted octanol–water partition coefficient (Wildman–Crippen LogP) is 3.10. The molecule has 0 bridgehead atoms. The summed E-state index contributed by atoms with van der Waals surface area (Å²) < 4.78 is 7.06. The first kappa shape index (κ1) is 15.0. The van der Waals surface area contributed by atoms with Gasteiger partial charge in [0, 0.05) is 24.4 Å². The van der Waals surface area contributed by atoms with Crippen molar-refractivity contribution in [3.63, 3.8) is 0 Å². The highest BCUT2D eigenvalue weighted by Gasteiger charge is 2.07. The van der Waals surface area contributed by atoms with Gasteiger partial charge in [-0.05, 0) is 38.0 Å². The first-order chi connectivity index (χ1) is 9.99. The molecule has 2 rings (SSSR count). The number of nitrogens with zero attached hydrogens (tertiary/aromatic N) is 2. The van der Waals surface area contributed by atoms with Crippen LogP contribution in [0.1, 0.15) is 28.1 Å². The fourth-order valence-electron chi connectivity index (χ4n) is 2.15. The van der Waals surface area contributed by atoms with Crippen molar-refractivity contribution in [3.05, 3.63) is 58.4 Å². The fourth-order valence-corrected chi connectivity index (χ4v) is 2.15. The number of aryl methyl sites for hydroxylation is 3. The van der Waals surface area contributed by atoms with E-state index in [9.17, 15) is 4.79 Å². The number of carbonyl (C=O) groups excluding carboxylic acids is 1. The Kier molecular flexibility index (Phi) is 4.58. The summed E-state index contributed by atoms with van der Waals surface area (Å²) in [6.07, 6.45) is 3.22. The first-order valence-electron chi connectivity index (χ1n) is 6.88. The van der Waals surface area contributed by atoms with E-state index in [1.807, 2.05) is 52.1 Å². The minimum atomic E-state index is -0.346. The molecule has 0 saturated heterocycles. The Morgan fingerprint density at radius 2 is 2.00 bits per heavy atom. The van der Waals surface area contributed by atoms with Gasteiger partial charge in [0.1, 0.15) is 6.61 Å². The zero-order valence-electron chi connectivity index (χ0n) is 12.9. The topological polar surface area (TPSA) is 44.1 Å². The summed E-state index contributed by atoms with van der Waals surface area (Å²) in [4.78, 5) is 11.8. The average molecular weight is 284 g/mol. The number of carbonyl (C=O) groups is 1. The molecule has 1 aromatic heterocycles. The lowest BCUT2D eigenvalue weighted by Gasteiger charge is -2.05. The molecular formula is C17H20N2O2. The molecule has 0 atom stereocenters. The lowest BCUT2D eigenvalue weighted by Crippen LogP contribution is -2.02. The highest BCUT2D eigenvalue weighted by atomic mass is 16.5. The van der Waals surface area contributed by atoms with Crippen LogP contribution in [-0.2, 0) is 23.2 Å². The van der Waals surface area contributed by atoms with Crippen LogP contribution in [0, 0.1) is 20.8 Å². The number of hydrogen-bond donors (Lipinski definition) is 0. The van der Waals surface area contributed by atoms with Crippen LogP contribution >= 0.6 is 0 Å². The number of rotatable bonds is 4. The first-order valence-corrected chi connectivity index (χ1v) is 6.88. The third-order valence-corrected chi connectivity index (χ3v) is 3.58. The Balaban J connectivity index is 1.99. The maximum absolute atomic E-state index is 11.8. The van der Waals surface area contributed by atoms with Gasteiger partial charge in [-0.2, -0.15) is 5.10 Å². The molecule has 1 aromatic carbocycles. The molecule has 4 heteroatoms. The third-order valence-electron chi connectivity index (χ3n) is 3.58. The van der Waals surface area contributed by atoms with Crippen molar-refractivity contribution >= 4 is 12.0 Å². The molecule has 110 valence electrons. The van der Waals surface area contributed by atoms with Crippen molar-refractivity contribution in [1.29, 1.82) is 0 Å². The zero-order valence-corrected chi connectivity index (χ0v) is 12.9. The highest BCUT2D eigenvalue weighted by Crippen LogP contribution is 2.14. The van der Waals surface area contributed by atoms with E-state index in [2.05, 4.69) is 5.10 Å². The summed E-state index contributed by atoms with van der Waals surface area (Å²) in [6.45, 7) is 6.19. The van der Waals surface area contributed by atoms with Crippen LogP contribution in [0.15, 0.2) is 30.3 Å². The van der Waals surface area contributed by atoms with E-state index in [-0.39, 0.29) is 5.97 Å². The van der Waals surface area contributed by atoms with Gasteiger partial charge in [0.15, 0.2) is 0 Å². The second-order valence-electron chi connectivity index (χ2n) is 5.08. The van der Waals surface area contributed by atoms with Crippen LogP contribution in [0.3, 0.4) is 0 Å². The van der Waals surface area contributed by atoms with Crippen molar-refractivity contribution in [2.45, 2.75) is 27.4 Å².